The molecule has 0 saturated carbocycles. The summed E-state index contributed by atoms with van der Waals surface area (Å²) in [5.41, 5.74) is 0.247. The highest BCUT2D eigenvalue weighted by Crippen LogP contribution is 2.33. The van der Waals surface area contributed by atoms with Crippen molar-refractivity contribution in [2.45, 2.75) is 13.1 Å². The van der Waals surface area contributed by atoms with Crippen LogP contribution in [-0.2, 0) is 10.9 Å². The van der Waals surface area contributed by atoms with Crippen LogP contribution in [0.25, 0.3) is 11.1 Å². The molecule has 0 heterocycles. The Morgan fingerprint density at radius 3 is 2.43 bits per heavy atom. The first-order chi connectivity index (χ1) is 10.8. The molecule has 0 aliphatic rings. The van der Waals surface area contributed by atoms with Crippen LogP contribution in [0.3, 0.4) is 0 Å². The first kappa shape index (κ1) is 16.9. The van der Waals surface area contributed by atoms with Gasteiger partial charge in [-0.05, 0) is 48.4 Å². The van der Waals surface area contributed by atoms with Gasteiger partial charge >= 0.3 is 12.1 Å². The standard InChI is InChI=1S/C17H15F3O3/c1-3-23-16(21)13-7-12(9-15(10-13)22-2)11-5-4-6-14(8-11)17(18,19)20/h4-10H,3H2,1-2H3. The topological polar surface area (TPSA) is 35.5 Å². The average Bonchev–Trinajstić information content (AvgIpc) is 2.54. The fraction of sp³-hybridized carbons (Fsp3) is 0.235. The molecule has 2 aromatic rings. The summed E-state index contributed by atoms with van der Waals surface area (Å²) in [7, 11) is 1.42. The molecule has 0 amide bonds. The number of hydrogen-bond donors (Lipinski definition) is 0. The highest BCUT2D eigenvalue weighted by atomic mass is 19.4. The van der Waals surface area contributed by atoms with Gasteiger partial charge in [0, 0.05) is 0 Å². The van der Waals surface area contributed by atoms with E-state index in [2.05, 4.69) is 0 Å². The molecule has 0 spiro atoms. The summed E-state index contributed by atoms with van der Waals surface area (Å²) in [5, 5.41) is 0. The number of carbonyl (C=O) groups is 1. The number of halogens is 3. The molecule has 2 aromatic carbocycles. The van der Waals surface area contributed by atoms with E-state index in [1.165, 1.54) is 25.3 Å². The molecule has 0 saturated heterocycles. The van der Waals surface area contributed by atoms with Gasteiger partial charge in [-0.2, -0.15) is 13.2 Å². The second-order valence-electron chi connectivity index (χ2n) is 4.75. The normalized spacial score (nSPS) is 11.2. The minimum atomic E-state index is -4.43. The van der Waals surface area contributed by atoms with E-state index in [1.807, 2.05) is 0 Å². The molecular weight excluding hydrogens is 309 g/mol. The fourth-order valence-corrected chi connectivity index (χ4v) is 2.09. The zero-order chi connectivity index (χ0) is 17.0. The van der Waals surface area contributed by atoms with Gasteiger partial charge < -0.3 is 9.47 Å². The van der Waals surface area contributed by atoms with Crippen LogP contribution in [0.4, 0.5) is 13.2 Å². The Bertz CT molecular complexity index is 708. The maximum Gasteiger partial charge on any atom is 0.416 e. The van der Waals surface area contributed by atoms with Gasteiger partial charge in [-0.15, -0.1) is 0 Å². The van der Waals surface area contributed by atoms with Gasteiger partial charge in [0.1, 0.15) is 5.75 Å². The van der Waals surface area contributed by atoms with Gasteiger partial charge in [0.15, 0.2) is 0 Å². The Kier molecular flexibility index (Phi) is 4.93. The SMILES string of the molecule is CCOC(=O)c1cc(OC)cc(-c2cccc(C(F)(F)F)c2)c1. The maximum atomic E-state index is 12.8. The number of hydrogen-bond acceptors (Lipinski definition) is 3. The molecule has 0 radical (unpaired) electrons. The van der Waals surface area contributed by atoms with E-state index in [1.54, 1.807) is 19.1 Å². The zero-order valence-electron chi connectivity index (χ0n) is 12.6. The highest BCUT2D eigenvalue weighted by Gasteiger charge is 2.30. The summed E-state index contributed by atoms with van der Waals surface area (Å²) in [5.74, 6) is -0.192. The van der Waals surface area contributed by atoms with Crippen molar-refractivity contribution in [1.82, 2.24) is 0 Å². The van der Waals surface area contributed by atoms with Gasteiger partial charge in [0.2, 0.25) is 0 Å². The summed E-state index contributed by atoms with van der Waals surface area (Å²) < 4.78 is 48.5. The van der Waals surface area contributed by atoms with Crippen LogP contribution in [0.15, 0.2) is 42.5 Å². The average molecular weight is 324 g/mol. The third-order valence-electron chi connectivity index (χ3n) is 3.18. The smallest absolute Gasteiger partial charge is 0.416 e. The lowest BCUT2D eigenvalue weighted by Crippen LogP contribution is -2.06. The minimum absolute atomic E-state index is 0.203. The molecule has 6 heteroatoms. The molecule has 3 nitrogen and oxygen atoms in total. The lowest BCUT2D eigenvalue weighted by atomic mass is 10.0. The van der Waals surface area contributed by atoms with E-state index in [0.717, 1.165) is 12.1 Å². The molecule has 23 heavy (non-hydrogen) atoms. The van der Waals surface area contributed by atoms with E-state index in [9.17, 15) is 18.0 Å². The minimum Gasteiger partial charge on any atom is -0.497 e. The second kappa shape index (κ2) is 6.73. The number of ether oxygens (including phenoxy) is 2. The monoisotopic (exact) mass is 324 g/mol. The molecule has 0 bridgehead atoms. The second-order valence-corrected chi connectivity index (χ2v) is 4.75. The number of benzene rings is 2. The van der Waals surface area contributed by atoms with Gasteiger partial charge in [-0.25, -0.2) is 4.79 Å². The molecule has 0 unspecified atom stereocenters. The van der Waals surface area contributed by atoms with E-state index in [4.69, 9.17) is 9.47 Å². The molecule has 2 rings (SSSR count). The van der Waals surface area contributed by atoms with Gasteiger partial charge in [-0.3, -0.25) is 0 Å². The van der Waals surface area contributed by atoms with Crippen molar-refractivity contribution < 1.29 is 27.4 Å². The largest absolute Gasteiger partial charge is 0.497 e. The van der Waals surface area contributed by atoms with Crippen LogP contribution < -0.4 is 4.74 Å². The molecule has 122 valence electrons. The van der Waals surface area contributed by atoms with Crippen LogP contribution in [0.2, 0.25) is 0 Å². The predicted molar refractivity (Wildman–Crippen MR) is 79.4 cm³/mol. The molecular formula is C17H15F3O3. The number of esters is 1. The van der Waals surface area contributed by atoms with Gasteiger partial charge in [0.25, 0.3) is 0 Å². The van der Waals surface area contributed by atoms with E-state index in [-0.39, 0.29) is 12.2 Å². The lowest BCUT2D eigenvalue weighted by Gasteiger charge is -2.11. The molecule has 0 aliphatic heterocycles. The van der Waals surface area contributed by atoms with Crippen molar-refractivity contribution in [1.29, 1.82) is 0 Å². The third-order valence-corrected chi connectivity index (χ3v) is 3.18. The van der Waals surface area contributed by atoms with Crippen molar-refractivity contribution in [2.75, 3.05) is 13.7 Å². The number of alkyl halides is 3. The number of carbonyl (C=O) groups excluding carboxylic acids is 1. The number of rotatable bonds is 4. The summed E-state index contributed by atoms with van der Waals surface area (Å²) in [4.78, 5) is 11.9. The van der Waals surface area contributed by atoms with Crippen LogP contribution in [0.1, 0.15) is 22.8 Å². The fourth-order valence-electron chi connectivity index (χ4n) is 2.09. The lowest BCUT2D eigenvalue weighted by molar-refractivity contribution is -0.137. The molecule has 0 aliphatic carbocycles. The first-order valence-corrected chi connectivity index (χ1v) is 6.89. The summed E-state index contributed by atoms with van der Waals surface area (Å²) in [6.45, 7) is 1.88. The van der Waals surface area contributed by atoms with Crippen molar-refractivity contribution in [3.05, 3.63) is 53.6 Å². The zero-order valence-corrected chi connectivity index (χ0v) is 12.6. The van der Waals surface area contributed by atoms with Crippen LogP contribution >= 0.6 is 0 Å². The van der Waals surface area contributed by atoms with Crippen LogP contribution in [0, 0.1) is 0 Å². The molecule has 0 fully saturated rings. The first-order valence-electron chi connectivity index (χ1n) is 6.89. The van der Waals surface area contributed by atoms with Gasteiger partial charge in [-0.1, -0.05) is 12.1 Å². The number of methoxy groups -OCH3 is 1. The Balaban J connectivity index is 2.50. The Hall–Kier alpha value is -2.50. The van der Waals surface area contributed by atoms with E-state index >= 15 is 0 Å². The summed E-state index contributed by atoms with van der Waals surface area (Å²) >= 11 is 0. The van der Waals surface area contributed by atoms with Gasteiger partial charge in [0.05, 0.1) is 24.8 Å². The van der Waals surface area contributed by atoms with E-state index in [0.29, 0.717) is 16.9 Å². The molecule has 0 aromatic heterocycles. The summed E-state index contributed by atoms with van der Waals surface area (Å²) in [6, 6.07) is 9.42. The van der Waals surface area contributed by atoms with Crippen molar-refractivity contribution in [2.24, 2.45) is 0 Å². The van der Waals surface area contributed by atoms with Crippen molar-refractivity contribution in [3.63, 3.8) is 0 Å². The Labute approximate surface area is 131 Å². The summed E-state index contributed by atoms with van der Waals surface area (Å²) in [6.07, 6.45) is -4.43. The highest BCUT2D eigenvalue weighted by molar-refractivity contribution is 5.91. The van der Waals surface area contributed by atoms with Crippen LogP contribution in [0.5, 0.6) is 5.75 Å². The Morgan fingerprint density at radius 2 is 1.83 bits per heavy atom. The Morgan fingerprint density at radius 1 is 1.09 bits per heavy atom. The molecule has 0 N–H and O–H groups in total. The molecule has 0 atom stereocenters. The van der Waals surface area contributed by atoms with Crippen LogP contribution in [-0.4, -0.2) is 19.7 Å². The quantitative estimate of drug-likeness (QED) is 0.774. The van der Waals surface area contributed by atoms with Crippen molar-refractivity contribution >= 4 is 5.97 Å². The van der Waals surface area contributed by atoms with Crippen molar-refractivity contribution in [3.8, 4) is 16.9 Å². The predicted octanol–water partition coefficient (Wildman–Crippen LogP) is 4.56. The van der Waals surface area contributed by atoms with E-state index < -0.39 is 17.7 Å². The third kappa shape index (κ3) is 4.03. The maximum absolute atomic E-state index is 12.8.